The van der Waals surface area contributed by atoms with Crippen molar-refractivity contribution in [1.29, 1.82) is 0 Å². The summed E-state index contributed by atoms with van der Waals surface area (Å²) in [5, 5.41) is 2.61. The summed E-state index contributed by atoms with van der Waals surface area (Å²) in [6, 6.07) is 6.62. The zero-order valence-corrected chi connectivity index (χ0v) is 11.2. The third-order valence-corrected chi connectivity index (χ3v) is 2.61. The summed E-state index contributed by atoms with van der Waals surface area (Å²) in [6.45, 7) is 3.45. The minimum atomic E-state index is -0.914. The van der Waals surface area contributed by atoms with E-state index in [1.54, 1.807) is 25.1 Å². The summed E-state index contributed by atoms with van der Waals surface area (Å²) < 4.78 is 15.2. The van der Waals surface area contributed by atoms with Gasteiger partial charge in [0.05, 0.1) is 12.8 Å². The molecule has 0 spiro atoms. The minimum absolute atomic E-state index is 0.0770. The van der Waals surface area contributed by atoms with Crippen LogP contribution in [-0.2, 0) is 16.1 Å². The number of aryl methyl sites for hydroxylation is 1. The van der Waals surface area contributed by atoms with Crippen LogP contribution in [-0.4, -0.2) is 18.0 Å². The maximum absolute atomic E-state index is 11.7. The molecule has 2 aromatic rings. The fourth-order valence-corrected chi connectivity index (χ4v) is 1.55. The molecule has 1 atom stereocenters. The maximum atomic E-state index is 11.7. The van der Waals surface area contributed by atoms with Crippen molar-refractivity contribution in [3.8, 4) is 0 Å². The summed E-state index contributed by atoms with van der Waals surface area (Å²) in [5.74, 6) is 0.232. The zero-order valence-electron chi connectivity index (χ0n) is 11.2. The van der Waals surface area contributed by atoms with E-state index in [-0.39, 0.29) is 12.3 Å². The summed E-state index contributed by atoms with van der Waals surface area (Å²) in [4.78, 5) is 23.4. The lowest BCUT2D eigenvalue weighted by atomic mass is 10.3. The van der Waals surface area contributed by atoms with E-state index in [4.69, 9.17) is 13.6 Å². The SMILES string of the molecule is Cc1ccc(C(=O)O[C@H](C)C(=O)NCc2ccco2)o1. The maximum Gasteiger partial charge on any atom is 0.375 e. The molecular weight excluding hydrogens is 262 g/mol. The van der Waals surface area contributed by atoms with Gasteiger partial charge >= 0.3 is 5.97 Å². The second-order valence-corrected chi connectivity index (χ2v) is 4.26. The Bertz CT molecular complexity index is 584. The molecule has 2 heterocycles. The normalized spacial score (nSPS) is 11.9. The van der Waals surface area contributed by atoms with E-state index < -0.39 is 18.0 Å². The highest BCUT2D eigenvalue weighted by atomic mass is 16.6. The monoisotopic (exact) mass is 277 g/mol. The summed E-state index contributed by atoms with van der Waals surface area (Å²) in [6.07, 6.45) is 0.604. The van der Waals surface area contributed by atoms with Gasteiger partial charge in [-0.3, -0.25) is 4.79 Å². The standard InChI is InChI=1S/C14H15NO5/c1-9-5-6-12(19-9)14(17)20-10(2)13(16)15-8-11-4-3-7-18-11/h3-7,10H,8H2,1-2H3,(H,15,16)/t10-/m1/s1. The van der Waals surface area contributed by atoms with Crippen molar-refractivity contribution in [3.05, 3.63) is 47.8 Å². The van der Waals surface area contributed by atoms with Gasteiger partial charge in [0.25, 0.3) is 5.91 Å². The quantitative estimate of drug-likeness (QED) is 0.846. The molecule has 0 aliphatic carbocycles. The average Bonchev–Trinajstić information content (AvgIpc) is 3.06. The predicted molar refractivity (Wildman–Crippen MR) is 68.9 cm³/mol. The molecular formula is C14H15NO5. The largest absolute Gasteiger partial charge is 0.467 e. The van der Waals surface area contributed by atoms with Crippen molar-refractivity contribution in [2.24, 2.45) is 0 Å². The highest BCUT2D eigenvalue weighted by Crippen LogP contribution is 2.09. The van der Waals surface area contributed by atoms with Crippen molar-refractivity contribution in [3.63, 3.8) is 0 Å². The van der Waals surface area contributed by atoms with Crippen LogP contribution in [0.4, 0.5) is 0 Å². The first-order valence-corrected chi connectivity index (χ1v) is 6.14. The van der Waals surface area contributed by atoms with Crippen LogP contribution >= 0.6 is 0 Å². The van der Waals surface area contributed by atoms with Gasteiger partial charge in [-0.1, -0.05) is 0 Å². The molecule has 0 saturated carbocycles. The molecule has 0 radical (unpaired) electrons. The third-order valence-electron chi connectivity index (χ3n) is 2.61. The lowest BCUT2D eigenvalue weighted by Crippen LogP contribution is -2.35. The van der Waals surface area contributed by atoms with E-state index in [1.807, 2.05) is 0 Å². The zero-order chi connectivity index (χ0) is 14.5. The molecule has 0 aliphatic rings. The Morgan fingerprint density at radius 3 is 2.75 bits per heavy atom. The third kappa shape index (κ3) is 3.50. The van der Waals surface area contributed by atoms with Crippen LogP contribution in [0.2, 0.25) is 0 Å². The number of rotatable bonds is 5. The van der Waals surface area contributed by atoms with Crippen LogP contribution in [0.15, 0.2) is 39.4 Å². The first-order chi connectivity index (χ1) is 9.56. The average molecular weight is 277 g/mol. The van der Waals surface area contributed by atoms with Gasteiger partial charge in [0.1, 0.15) is 11.5 Å². The molecule has 0 bridgehead atoms. The second-order valence-electron chi connectivity index (χ2n) is 4.26. The van der Waals surface area contributed by atoms with Crippen LogP contribution in [0, 0.1) is 6.92 Å². The first kappa shape index (κ1) is 13.9. The van der Waals surface area contributed by atoms with Gasteiger partial charge in [0.15, 0.2) is 6.10 Å². The smallest absolute Gasteiger partial charge is 0.375 e. The molecule has 1 N–H and O–H groups in total. The number of hydrogen-bond donors (Lipinski definition) is 1. The summed E-state index contributed by atoms with van der Waals surface area (Å²) in [7, 11) is 0. The molecule has 6 heteroatoms. The van der Waals surface area contributed by atoms with Gasteiger partial charge in [-0.25, -0.2) is 4.79 Å². The number of carbonyl (C=O) groups excluding carboxylic acids is 2. The van der Waals surface area contributed by atoms with Gasteiger partial charge in [0.2, 0.25) is 5.76 Å². The Kier molecular flexibility index (Phi) is 4.24. The molecule has 0 unspecified atom stereocenters. The number of esters is 1. The van der Waals surface area contributed by atoms with Crippen molar-refractivity contribution in [1.82, 2.24) is 5.32 Å². The van der Waals surface area contributed by atoms with E-state index in [0.29, 0.717) is 11.5 Å². The molecule has 6 nitrogen and oxygen atoms in total. The fraction of sp³-hybridized carbons (Fsp3) is 0.286. The van der Waals surface area contributed by atoms with Crippen LogP contribution < -0.4 is 5.32 Å². The Labute approximate surface area is 115 Å². The van der Waals surface area contributed by atoms with E-state index in [1.165, 1.54) is 19.3 Å². The molecule has 0 aliphatic heterocycles. The van der Waals surface area contributed by atoms with Crippen molar-refractivity contribution < 1.29 is 23.2 Å². The molecule has 1 amide bonds. The van der Waals surface area contributed by atoms with Crippen LogP contribution in [0.5, 0.6) is 0 Å². The highest BCUT2D eigenvalue weighted by Gasteiger charge is 2.20. The molecule has 0 aromatic carbocycles. The fourth-order valence-electron chi connectivity index (χ4n) is 1.55. The summed E-state index contributed by atoms with van der Waals surface area (Å²) in [5.41, 5.74) is 0. The lowest BCUT2D eigenvalue weighted by Gasteiger charge is -2.11. The number of nitrogens with one attached hydrogen (secondary N) is 1. The van der Waals surface area contributed by atoms with E-state index in [2.05, 4.69) is 5.32 Å². The van der Waals surface area contributed by atoms with Crippen molar-refractivity contribution >= 4 is 11.9 Å². The molecule has 0 fully saturated rings. The number of furan rings is 2. The van der Waals surface area contributed by atoms with Crippen molar-refractivity contribution in [2.75, 3.05) is 0 Å². The lowest BCUT2D eigenvalue weighted by molar-refractivity contribution is -0.129. The minimum Gasteiger partial charge on any atom is -0.467 e. The van der Waals surface area contributed by atoms with Crippen LogP contribution in [0.1, 0.15) is 29.0 Å². The Balaban J connectivity index is 1.83. The predicted octanol–water partition coefficient (Wildman–Crippen LogP) is 2.04. The van der Waals surface area contributed by atoms with E-state index >= 15 is 0 Å². The molecule has 2 aromatic heterocycles. The topological polar surface area (TPSA) is 81.7 Å². The Morgan fingerprint density at radius 1 is 1.35 bits per heavy atom. The number of carbonyl (C=O) groups is 2. The van der Waals surface area contributed by atoms with Gasteiger partial charge in [-0.2, -0.15) is 0 Å². The molecule has 20 heavy (non-hydrogen) atoms. The summed E-state index contributed by atoms with van der Waals surface area (Å²) >= 11 is 0. The van der Waals surface area contributed by atoms with E-state index in [9.17, 15) is 9.59 Å². The Hall–Kier alpha value is -2.50. The number of hydrogen-bond acceptors (Lipinski definition) is 5. The highest BCUT2D eigenvalue weighted by molar-refractivity contribution is 5.90. The second kappa shape index (κ2) is 6.10. The van der Waals surface area contributed by atoms with Crippen LogP contribution in [0.3, 0.4) is 0 Å². The van der Waals surface area contributed by atoms with E-state index in [0.717, 1.165) is 0 Å². The van der Waals surface area contributed by atoms with Crippen molar-refractivity contribution in [2.45, 2.75) is 26.5 Å². The van der Waals surface area contributed by atoms with Gasteiger partial charge < -0.3 is 18.9 Å². The first-order valence-electron chi connectivity index (χ1n) is 6.14. The van der Waals surface area contributed by atoms with Gasteiger partial charge in [0, 0.05) is 0 Å². The number of ether oxygens (including phenoxy) is 1. The van der Waals surface area contributed by atoms with Gasteiger partial charge in [-0.15, -0.1) is 0 Å². The molecule has 106 valence electrons. The van der Waals surface area contributed by atoms with Crippen LogP contribution in [0.25, 0.3) is 0 Å². The Morgan fingerprint density at radius 2 is 2.15 bits per heavy atom. The van der Waals surface area contributed by atoms with Gasteiger partial charge in [-0.05, 0) is 38.1 Å². The molecule has 2 rings (SSSR count). The molecule has 0 saturated heterocycles. The number of amides is 1.